The van der Waals surface area contributed by atoms with Crippen molar-refractivity contribution in [1.29, 1.82) is 0 Å². The highest BCUT2D eigenvalue weighted by molar-refractivity contribution is 7.71. The third kappa shape index (κ3) is 3.53. The minimum Gasteiger partial charge on any atom is -0.383 e. The van der Waals surface area contributed by atoms with Gasteiger partial charge in [-0.25, -0.2) is 0 Å². The Balaban J connectivity index is 2.25. The summed E-state index contributed by atoms with van der Waals surface area (Å²) in [6.07, 6.45) is 3.33. The first kappa shape index (κ1) is 15.3. The van der Waals surface area contributed by atoms with Gasteiger partial charge in [0.1, 0.15) is 6.04 Å². The maximum absolute atomic E-state index is 12.2. The number of hydrogen-bond donors (Lipinski definition) is 2. The second-order valence-electron chi connectivity index (χ2n) is 4.42. The van der Waals surface area contributed by atoms with E-state index < -0.39 is 6.04 Å². The molecule has 0 saturated carbocycles. The van der Waals surface area contributed by atoms with Gasteiger partial charge in [-0.2, -0.15) is 5.10 Å². The first-order valence-corrected chi connectivity index (χ1v) is 6.90. The van der Waals surface area contributed by atoms with Crippen molar-refractivity contribution in [2.75, 3.05) is 20.3 Å². The van der Waals surface area contributed by atoms with Gasteiger partial charge in [0.25, 0.3) is 0 Å². The van der Waals surface area contributed by atoms with E-state index in [0.717, 1.165) is 5.56 Å². The van der Waals surface area contributed by atoms with Gasteiger partial charge >= 0.3 is 0 Å². The molecule has 2 aromatic heterocycles. The Morgan fingerprint density at radius 2 is 2.24 bits per heavy atom. The van der Waals surface area contributed by atoms with Crippen LogP contribution in [-0.4, -0.2) is 45.9 Å². The molecule has 0 radical (unpaired) electrons. The van der Waals surface area contributed by atoms with Crippen LogP contribution in [0.3, 0.4) is 0 Å². The van der Waals surface area contributed by atoms with Crippen LogP contribution in [0, 0.1) is 4.77 Å². The number of nitrogens with zero attached hydrogens (tertiary/aromatic N) is 3. The number of carbonyl (C=O) groups is 1. The van der Waals surface area contributed by atoms with Crippen molar-refractivity contribution in [1.82, 2.24) is 25.1 Å². The van der Waals surface area contributed by atoms with E-state index in [-0.39, 0.29) is 5.91 Å². The van der Waals surface area contributed by atoms with E-state index in [9.17, 15) is 4.79 Å². The van der Waals surface area contributed by atoms with Crippen molar-refractivity contribution < 1.29 is 9.53 Å². The molecule has 0 aliphatic rings. The topological polar surface area (TPSA) is 84.8 Å². The molecule has 2 N–H and O–H groups in total. The maximum Gasteiger partial charge on any atom is 0.243 e. The molecule has 1 amide bonds. The highest BCUT2D eigenvalue weighted by Crippen LogP contribution is 2.20. The summed E-state index contributed by atoms with van der Waals surface area (Å²) >= 11 is 5.23. The molecule has 0 bridgehead atoms. The summed E-state index contributed by atoms with van der Waals surface area (Å²) < 4.78 is 7.00. The predicted molar refractivity (Wildman–Crippen MR) is 80.2 cm³/mol. The third-order valence-corrected chi connectivity index (χ3v) is 3.30. The van der Waals surface area contributed by atoms with Crippen LogP contribution < -0.4 is 5.32 Å². The van der Waals surface area contributed by atoms with Crippen LogP contribution in [0.1, 0.15) is 13.0 Å². The summed E-state index contributed by atoms with van der Waals surface area (Å²) in [7, 11) is 1.59. The van der Waals surface area contributed by atoms with Gasteiger partial charge in [-0.1, -0.05) is 0 Å². The number of ether oxygens (including phenoxy) is 1. The standard InChI is InChI=1S/C13H17N5O2S/c1-9(12(19)15-7-8-20-2)18-11(16-17-13(18)21)10-3-5-14-6-4-10/h3-6,9H,7-8H2,1-2H3,(H,15,19)(H,17,21). The van der Waals surface area contributed by atoms with Crippen LogP contribution in [-0.2, 0) is 9.53 Å². The van der Waals surface area contributed by atoms with Crippen molar-refractivity contribution in [3.05, 3.63) is 29.3 Å². The molecule has 0 aromatic carbocycles. The van der Waals surface area contributed by atoms with Gasteiger partial charge in [0.05, 0.1) is 6.61 Å². The van der Waals surface area contributed by atoms with E-state index in [1.165, 1.54) is 0 Å². The molecule has 2 rings (SSSR count). The van der Waals surface area contributed by atoms with Crippen molar-refractivity contribution >= 4 is 18.1 Å². The first-order valence-electron chi connectivity index (χ1n) is 6.49. The molecule has 0 spiro atoms. The number of aromatic amines is 1. The molecule has 2 heterocycles. The summed E-state index contributed by atoms with van der Waals surface area (Å²) in [5.74, 6) is 0.469. The van der Waals surface area contributed by atoms with Crippen LogP contribution in [0.15, 0.2) is 24.5 Å². The number of methoxy groups -OCH3 is 1. The molecule has 21 heavy (non-hydrogen) atoms. The number of hydrogen-bond acceptors (Lipinski definition) is 5. The average Bonchev–Trinajstić information content (AvgIpc) is 2.89. The highest BCUT2D eigenvalue weighted by atomic mass is 32.1. The van der Waals surface area contributed by atoms with Gasteiger partial charge < -0.3 is 10.1 Å². The SMILES string of the molecule is COCCNC(=O)C(C)n1c(-c2ccncc2)n[nH]c1=S. The lowest BCUT2D eigenvalue weighted by Gasteiger charge is -2.15. The lowest BCUT2D eigenvalue weighted by Crippen LogP contribution is -2.33. The Morgan fingerprint density at radius 1 is 1.52 bits per heavy atom. The van der Waals surface area contributed by atoms with Gasteiger partial charge in [-0.05, 0) is 31.3 Å². The monoisotopic (exact) mass is 307 g/mol. The van der Waals surface area contributed by atoms with Gasteiger partial charge in [0.15, 0.2) is 10.6 Å². The Morgan fingerprint density at radius 3 is 2.90 bits per heavy atom. The highest BCUT2D eigenvalue weighted by Gasteiger charge is 2.20. The summed E-state index contributed by atoms with van der Waals surface area (Å²) in [4.78, 5) is 16.1. The third-order valence-electron chi connectivity index (χ3n) is 3.02. The van der Waals surface area contributed by atoms with Crippen molar-refractivity contribution in [3.63, 3.8) is 0 Å². The van der Waals surface area contributed by atoms with E-state index in [0.29, 0.717) is 23.7 Å². The van der Waals surface area contributed by atoms with E-state index in [1.54, 1.807) is 31.0 Å². The molecule has 112 valence electrons. The molecule has 0 aliphatic carbocycles. The van der Waals surface area contributed by atoms with E-state index in [4.69, 9.17) is 17.0 Å². The number of rotatable bonds is 6. The second-order valence-corrected chi connectivity index (χ2v) is 4.80. The molecule has 0 aliphatic heterocycles. The van der Waals surface area contributed by atoms with Gasteiger partial charge in [0, 0.05) is 31.6 Å². The lowest BCUT2D eigenvalue weighted by molar-refractivity contribution is -0.124. The van der Waals surface area contributed by atoms with Gasteiger partial charge in [-0.15, -0.1) is 0 Å². The van der Waals surface area contributed by atoms with Crippen molar-refractivity contribution in [2.45, 2.75) is 13.0 Å². The van der Waals surface area contributed by atoms with Crippen LogP contribution in [0.2, 0.25) is 0 Å². The molecule has 1 unspecified atom stereocenters. The Bertz CT molecular complexity index is 652. The zero-order valence-electron chi connectivity index (χ0n) is 11.9. The lowest BCUT2D eigenvalue weighted by atomic mass is 10.2. The maximum atomic E-state index is 12.2. The minimum absolute atomic E-state index is 0.139. The first-order chi connectivity index (χ1) is 10.1. The zero-order chi connectivity index (χ0) is 15.2. The summed E-state index contributed by atoms with van der Waals surface area (Å²) in [6, 6.07) is 3.16. The van der Waals surface area contributed by atoms with E-state index in [2.05, 4.69) is 20.5 Å². The fourth-order valence-electron chi connectivity index (χ4n) is 1.91. The number of aromatic nitrogens is 4. The van der Waals surface area contributed by atoms with E-state index >= 15 is 0 Å². The fourth-order valence-corrected chi connectivity index (χ4v) is 2.20. The van der Waals surface area contributed by atoms with Crippen molar-refractivity contribution in [2.24, 2.45) is 0 Å². The molecule has 0 saturated heterocycles. The van der Waals surface area contributed by atoms with Crippen LogP contribution in [0.25, 0.3) is 11.4 Å². The molecular formula is C13H17N5O2S. The van der Waals surface area contributed by atoms with Crippen LogP contribution in [0.4, 0.5) is 0 Å². The normalized spacial score (nSPS) is 12.1. The predicted octanol–water partition coefficient (Wildman–Crippen LogP) is 1.33. The van der Waals surface area contributed by atoms with Gasteiger partial charge in [0.2, 0.25) is 5.91 Å². The molecule has 0 fully saturated rings. The Labute approximate surface area is 127 Å². The summed E-state index contributed by atoms with van der Waals surface area (Å²) in [6.45, 7) is 2.69. The Hall–Kier alpha value is -2.06. The average molecular weight is 307 g/mol. The quantitative estimate of drug-likeness (QED) is 0.621. The smallest absolute Gasteiger partial charge is 0.243 e. The van der Waals surface area contributed by atoms with Gasteiger partial charge in [-0.3, -0.25) is 19.4 Å². The number of pyridine rings is 1. The molecular weight excluding hydrogens is 290 g/mol. The number of amides is 1. The van der Waals surface area contributed by atoms with Crippen molar-refractivity contribution in [3.8, 4) is 11.4 Å². The summed E-state index contributed by atoms with van der Waals surface area (Å²) in [5.41, 5.74) is 0.842. The largest absolute Gasteiger partial charge is 0.383 e. The zero-order valence-corrected chi connectivity index (χ0v) is 12.7. The molecule has 2 aromatic rings. The minimum atomic E-state index is -0.476. The van der Waals surface area contributed by atoms with Crippen LogP contribution in [0.5, 0.6) is 0 Å². The number of nitrogens with one attached hydrogen (secondary N) is 2. The molecule has 7 nitrogen and oxygen atoms in total. The summed E-state index contributed by atoms with van der Waals surface area (Å²) in [5, 5.41) is 9.72. The van der Waals surface area contributed by atoms with Crippen LogP contribution >= 0.6 is 12.2 Å². The van der Waals surface area contributed by atoms with E-state index in [1.807, 2.05) is 12.1 Å². The number of H-pyrrole nitrogens is 1. The molecule has 1 atom stereocenters. The number of carbonyl (C=O) groups excluding carboxylic acids is 1. The Kier molecular flexibility index (Phi) is 5.18. The fraction of sp³-hybridized carbons (Fsp3) is 0.385. The molecule has 8 heteroatoms. The second kappa shape index (κ2) is 7.09.